The number of hydrogen-bond donors (Lipinski definition) is 1. The number of sulfonamides is 1. The average Bonchev–Trinajstić information content (AvgIpc) is 3.28. The van der Waals surface area contributed by atoms with Crippen molar-refractivity contribution in [3.8, 4) is 5.75 Å². The van der Waals surface area contributed by atoms with Gasteiger partial charge < -0.3 is 10.1 Å². The van der Waals surface area contributed by atoms with Crippen LogP contribution >= 0.6 is 0 Å². The maximum absolute atomic E-state index is 13.1. The number of nitrogens with one attached hydrogen (secondary N) is 1. The number of aryl methyl sites for hydroxylation is 2. The standard InChI is InChI=1S/C25H32N2O4S/c1-3-31-23-10-7-19(8-11-23)18(2)26-25(28)21-13-15-27(16-14-21)32(29,30)24-12-9-20-5-4-6-22(20)17-24/h7-12,17-18,21H,3-6,13-16H2,1-2H3,(H,26,28)/t18-/m0/s1. The molecular weight excluding hydrogens is 424 g/mol. The molecule has 0 bridgehead atoms. The van der Waals surface area contributed by atoms with Gasteiger partial charge >= 0.3 is 0 Å². The minimum absolute atomic E-state index is 0.0130. The molecule has 0 saturated carbocycles. The van der Waals surface area contributed by atoms with Crippen molar-refractivity contribution in [2.45, 2.75) is 56.9 Å². The van der Waals surface area contributed by atoms with Crippen LogP contribution in [0.25, 0.3) is 0 Å². The van der Waals surface area contributed by atoms with E-state index in [-0.39, 0.29) is 17.9 Å². The minimum Gasteiger partial charge on any atom is -0.494 e. The fourth-order valence-corrected chi connectivity index (χ4v) is 6.17. The second kappa shape index (κ2) is 9.63. The molecule has 1 N–H and O–H groups in total. The summed E-state index contributed by atoms with van der Waals surface area (Å²) in [6.45, 7) is 5.26. The van der Waals surface area contributed by atoms with Crippen molar-refractivity contribution in [1.82, 2.24) is 9.62 Å². The van der Waals surface area contributed by atoms with Crippen molar-refractivity contribution in [2.75, 3.05) is 19.7 Å². The van der Waals surface area contributed by atoms with Crippen LogP contribution in [0.1, 0.15) is 55.8 Å². The molecule has 1 fully saturated rings. The zero-order chi connectivity index (χ0) is 22.7. The Hall–Kier alpha value is -2.38. The van der Waals surface area contributed by atoms with Gasteiger partial charge in [0.05, 0.1) is 17.5 Å². The van der Waals surface area contributed by atoms with Crippen molar-refractivity contribution in [3.63, 3.8) is 0 Å². The summed E-state index contributed by atoms with van der Waals surface area (Å²) in [4.78, 5) is 13.2. The summed E-state index contributed by atoms with van der Waals surface area (Å²) in [5, 5.41) is 3.08. The molecule has 0 unspecified atom stereocenters. The number of ether oxygens (including phenoxy) is 1. The van der Waals surface area contributed by atoms with E-state index in [9.17, 15) is 13.2 Å². The zero-order valence-corrected chi connectivity index (χ0v) is 19.7. The van der Waals surface area contributed by atoms with Crippen LogP contribution in [0.5, 0.6) is 5.75 Å². The van der Waals surface area contributed by atoms with E-state index in [0.29, 0.717) is 37.4 Å². The number of hydrogen-bond acceptors (Lipinski definition) is 4. The first-order valence-electron chi connectivity index (χ1n) is 11.5. The van der Waals surface area contributed by atoms with Gasteiger partial charge in [0.1, 0.15) is 5.75 Å². The highest BCUT2D eigenvalue weighted by Crippen LogP contribution is 2.29. The third kappa shape index (κ3) is 4.84. The highest BCUT2D eigenvalue weighted by molar-refractivity contribution is 7.89. The van der Waals surface area contributed by atoms with Crippen LogP contribution in [0.2, 0.25) is 0 Å². The van der Waals surface area contributed by atoms with Crippen molar-refractivity contribution in [2.24, 2.45) is 5.92 Å². The molecule has 1 aliphatic heterocycles. The Morgan fingerprint density at radius 1 is 1.09 bits per heavy atom. The first kappa shape index (κ1) is 22.8. The normalized spacial score (nSPS) is 18.2. The molecular formula is C25H32N2O4S. The number of fused-ring (bicyclic) bond motifs is 1. The Balaban J connectivity index is 1.33. The molecule has 0 radical (unpaired) electrons. The van der Waals surface area contributed by atoms with E-state index in [4.69, 9.17) is 4.74 Å². The first-order valence-corrected chi connectivity index (χ1v) is 13.0. The summed E-state index contributed by atoms with van der Waals surface area (Å²) < 4.78 is 33.2. The van der Waals surface area contributed by atoms with Gasteiger partial charge in [0.2, 0.25) is 15.9 Å². The molecule has 0 aromatic heterocycles. The van der Waals surface area contributed by atoms with E-state index in [2.05, 4.69) is 5.32 Å². The average molecular weight is 457 g/mol. The predicted molar refractivity (Wildman–Crippen MR) is 124 cm³/mol. The van der Waals surface area contributed by atoms with Crippen molar-refractivity contribution < 1.29 is 17.9 Å². The second-order valence-corrected chi connectivity index (χ2v) is 10.6. The van der Waals surface area contributed by atoms with E-state index in [0.717, 1.165) is 36.1 Å². The summed E-state index contributed by atoms with van der Waals surface area (Å²) in [6, 6.07) is 13.1. The Morgan fingerprint density at radius 3 is 2.47 bits per heavy atom. The first-order chi connectivity index (χ1) is 15.4. The van der Waals surface area contributed by atoms with Crippen LogP contribution in [-0.2, 0) is 27.7 Å². The number of benzene rings is 2. The van der Waals surface area contributed by atoms with Gasteiger partial charge in [-0.1, -0.05) is 18.2 Å². The SMILES string of the molecule is CCOc1ccc([C@H](C)NC(=O)C2CCN(S(=O)(=O)c3ccc4c(c3)CCC4)CC2)cc1. The van der Waals surface area contributed by atoms with Crippen molar-refractivity contribution in [3.05, 3.63) is 59.2 Å². The Morgan fingerprint density at radius 2 is 1.78 bits per heavy atom. The molecule has 32 heavy (non-hydrogen) atoms. The summed E-state index contributed by atoms with van der Waals surface area (Å²) in [5.41, 5.74) is 3.43. The van der Waals surface area contributed by atoms with Crippen molar-refractivity contribution >= 4 is 15.9 Å². The molecule has 2 aromatic rings. The number of carbonyl (C=O) groups excluding carboxylic acids is 1. The molecule has 1 aliphatic carbocycles. The quantitative estimate of drug-likeness (QED) is 0.687. The van der Waals surface area contributed by atoms with Crippen LogP contribution in [-0.4, -0.2) is 38.3 Å². The number of piperidine rings is 1. The lowest BCUT2D eigenvalue weighted by atomic mass is 9.96. The van der Waals surface area contributed by atoms with Gasteiger partial charge in [0.15, 0.2) is 0 Å². The largest absolute Gasteiger partial charge is 0.494 e. The third-order valence-electron chi connectivity index (χ3n) is 6.58. The topological polar surface area (TPSA) is 75.7 Å². The molecule has 4 rings (SSSR count). The molecule has 0 spiro atoms. The molecule has 6 nitrogen and oxygen atoms in total. The van der Waals surface area contributed by atoms with Gasteiger partial charge in [-0.25, -0.2) is 8.42 Å². The van der Waals surface area contributed by atoms with Crippen LogP contribution in [0, 0.1) is 5.92 Å². The number of nitrogens with zero attached hydrogens (tertiary/aromatic N) is 1. The van der Waals surface area contributed by atoms with Crippen LogP contribution in [0.15, 0.2) is 47.4 Å². The minimum atomic E-state index is -3.52. The van der Waals surface area contributed by atoms with E-state index < -0.39 is 10.0 Å². The summed E-state index contributed by atoms with van der Waals surface area (Å²) in [5.74, 6) is 0.624. The molecule has 1 heterocycles. The molecule has 2 aliphatic rings. The van der Waals surface area contributed by atoms with Crippen LogP contribution in [0.3, 0.4) is 0 Å². The zero-order valence-electron chi connectivity index (χ0n) is 18.8. The Bertz CT molecular complexity index is 1060. The number of amides is 1. The van der Waals surface area contributed by atoms with Gasteiger partial charge in [-0.05, 0) is 86.9 Å². The predicted octanol–water partition coefficient (Wildman–Crippen LogP) is 3.85. The fraction of sp³-hybridized carbons (Fsp3) is 0.480. The Labute approximate surface area is 191 Å². The van der Waals surface area contributed by atoms with Gasteiger partial charge in [0.25, 0.3) is 0 Å². The highest BCUT2D eigenvalue weighted by atomic mass is 32.2. The maximum Gasteiger partial charge on any atom is 0.243 e. The van der Waals surface area contributed by atoms with E-state index in [1.165, 1.54) is 9.87 Å². The van der Waals surface area contributed by atoms with Gasteiger partial charge in [-0.2, -0.15) is 4.31 Å². The lowest BCUT2D eigenvalue weighted by molar-refractivity contribution is -0.126. The molecule has 7 heteroatoms. The van der Waals surface area contributed by atoms with Crippen molar-refractivity contribution in [1.29, 1.82) is 0 Å². The van der Waals surface area contributed by atoms with Crippen LogP contribution < -0.4 is 10.1 Å². The summed E-state index contributed by atoms with van der Waals surface area (Å²) in [6.07, 6.45) is 4.14. The molecule has 1 saturated heterocycles. The van der Waals surface area contributed by atoms with E-state index >= 15 is 0 Å². The molecule has 172 valence electrons. The van der Waals surface area contributed by atoms with E-state index in [1.807, 2.05) is 50.2 Å². The highest BCUT2D eigenvalue weighted by Gasteiger charge is 2.33. The molecule has 1 amide bonds. The lowest BCUT2D eigenvalue weighted by Gasteiger charge is -2.31. The monoisotopic (exact) mass is 456 g/mol. The second-order valence-electron chi connectivity index (χ2n) is 8.69. The third-order valence-corrected chi connectivity index (χ3v) is 8.48. The van der Waals surface area contributed by atoms with Gasteiger partial charge in [-0.15, -0.1) is 0 Å². The smallest absolute Gasteiger partial charge is 0.243 e. The Kier molecular flexibility index (Phi) is 6.86. The fourth-order valence-electron chi connectivity index (χ4n) is 4.65. The van der Waals surface area contributed by atoms with Crippen LogP contribution in [0.4, 0.5) is 0 Å². The number of carbonyl (C=O) groups is 1. The van der Waals surface area contributed by atoms with Gasteiger partial charge in [-0.3, -0.25) is 4.79 Å². The van der Waals surface area contributed by atoms with Gasteiger partial charge in [0, 0.05) is 19.0 Å². The summed E-state index contributed by atoms with van der Waals surface area (Å²) >= 11 is 0. The molecule has 2 aromatic carbocycles. The molecule has 1 atom stereocenters. The number of rotatable bonds is 7. The lowest BCUT2D eigenvalue weighted by Crippen LogP contribution is -2.43. The van der Waals surface area contributed by atoms with E-state index in [1.54, 1.807) is 6.07 Å². The summed E-state index contributed by atoms with van der Waals surface area (Å²) in [7, 11) is -3.52. The maximum atomic E-state index is 13.1.